The van der Waals surface area contributed by atoms with Crippen molar-refractivity contribution in [3.63, 3.8) is 0 Å². The van der Waals surface area contributed by atoms with Gasteiger partial charge in [0.2, 0.25) is 5.78 Å². The molecule has 10 heteroatoms. The van der Waals surface area contributed by atoms with Crippen LogP contribution in [-0.2, 0) is 13.0 Å². The summed E-state index contributed by atoms with van der Waals surface area (Å²) in [4.78, 5) is 26.6. The van der Waals surface area contributed by atoms with Gasteiger partial charge in [0.15, 0.2) is 0 Å². The van der Waals surface area contributed by atoms with E-state index >= 15 is 0 Å². The molecular formula is C32H38F2N6O2. The fraction of sp³-hybridized carbons (Fsp3) is 0.406. The quantitative estimate of drug-likeness (QED) is 0.283. The van der Waals surface area contributed by atoms with E-state index in [0.29, 0.717) is 24.4 Å². The molecule has 42 heavy (non-hydrogen) atoms. The summed E-state index contributed by atoms with van der Waals surface area (Å²) >= 11 is 0. The number of hydrogen-bond donors (Lipinski definition) is 1. The first-order chi connectivity index (χ1) is 20.1. The Labute approximate surface area is 245 Å². The van der Waals surface area contributed by atoms with Gasteiger partial charge in [-0.3, -0.25) is 9.20 Å². The molecular weight excluding hydrogens is 538 g/mol. The van der Waals surface area contributed by atoms with E-state index in [1.807, 2.05) is 46.0 Å². The maximum absolute atomic E-state index is 13.1. The van der Waals surface area contributed by atoms with E-state index in [0.717, 1.165) is 61.3 Å². The number of nitrogens with one attached hydrogen (secondary N) is 1. The van der Waals surface area contributed by atoms with Gasteiger partial charge in [-0.15, -0.1) is 0 Å². The minimum Gasteiger partial charge on any atom is -0.433 e. The minimum absolute atomic E-state index is 0.162. The zero-order valence-electron chi connectivity index (χ0n) is 24.8. The zero-order valence-corrected chi connectivity index (χ0v) is 24.8. The predicted octanol–water partition coefficient (Wildman–Crippen LogP) is 5.87. The first kappa shape index (κ1) is 29.3. The van der Waals surface area contributed by atoms with Crippen LogP contribution in [0.3, 0.4) is 0 Å². The van der Waals surface area contributed by atoms with Crippen molar-refractivity contribution >= 4 is 23.1 Å². The number of carbonyl (C=O) groups excluding carboxylic acids is 1. The minimum atomic E-state index is -3.18. The first-order valence-corrected chi connectivity index (χ1v) is 14.5. The third kappa shape index (κ3) is 6.03. The molecule has 0 aliphatic carbocycles. The van der Waals surface area contributed by atoms with Gasteiger partial charge in [0, 0.05) is 68.8 Å². The Balaban J connectivity index is 0.00000173. The maximum atomic E-state index is 13.1. The summed E-state index contributed by atoms with van der Waals surface area (Å²) in [5, 5.41) is 3.04. The average Bonchev–Trinajstić information content (AvgIpc) is 3.30. The van der Waals surface area contributed by atoms with E-state index in [9.17, 15) is 13.6 Å². The van der Waals surface area contributed by atoms with Crippen LogP contribution in [0.25, 0.3) is 5.78 Å². The Kier molecular flexibility index (Phi) is 8.08. The van der Waals surface area contributed by atoms with Crippen LogP contribution < -0.4 is 19.9 Å². The van der Waals surface area contributed by atoms with Gasteiger partial charge in [0.1, 0.15) is 11.4 Å². The molecule has 0 bridgehead atoms. The fourth-order valence-electron chi connectivity index (χ4n) is 5.68. The molecule has 2 saturated heterocycles. The van der Waals surface area contributed by atoms with Gasteiger partial charge < -0.3 is 19.9 Å². The lowest BCUT2D eigenvalue weighted by Crippen LogP contribution is -2.72. The number of ether oxygens (including phenoxy) is 1. The van der Waals surface area contributed by atoms with Gasteiger partial charge in [0.25, 0.3) is 5.91 Å². The molecule has 222 valence electrons. The Morgan fingerprint density at radius 2 is 1.57 bits per heavy atom. The summed E-state index contributed by atoms with van der Waals surface area (Å²) in [6, 6.07) is 15.2. The molecule has 2 aromatic carbocycles. The number of aromatic nitrogens is 3. The second-order valence-electron chi connectivity index (χ2n) is 11.0. The first-order valence-electron chi connectivity index (χ1n) is 14.5. The van der Waals surface area contributed by atoms with Crippen LogP contribution in [0.4, 0.5) is 20.2 Å². The maximum Gasteiger partial charge on any atom is 0.394 e. The number of hydrogen-bond acceptors (Lipinski definition) is 6. The smallest absolute Gasteiger partial charge is 0.394 e. The molecule has 0 unspecified atom stereocenters. The van der Waals surface area contributed by atoms with Crippen molar-refractivity contribution in [3.8, 4) is 5.75 Å². The van der Waals surface area contributed by atoms with Gasteiger partial charge in [-0.25, -0.2) is 9.97 Å². The van der Waals surface area contributed by atoms with Crippen LogP contribution in [-0.4, -0.2) is 52.6 Å². The summed E-state index contributed by atoms with van der Waals surface area (Å²) in [5.41, 5.74) is 5.71. The lowest BCUT2D eigenvalue weighted by atomic mass is 9.72. The Morgan fingerprint density at radius 3 is 2.12 bits per heavy atom. The van der Waals surface area contributed by atoms with Gasteiger partial charge in [-0.1, -0.05) is 32.9 Å². The number of anilines is 2. The number of alkyl halides is 2. The van der Waals surface area contributed by atoms with Gasteiger partial charge in [-0.05, 0) is 60.9 Å². The highest BCUT2D eigenvalue weighted by atomic mass is 19.3. The zero-order chi connectivity index (χ0) is 30.1. The molecule has 1 spiro atoms. The Bertz CT molecular complexity index is 1530. The Hall–Kier alpha value is -4.21. The second kappa shape index (κ2) is 11.6. The van der Waals surface area contributed by atoms with E-state index in [1.54, 1.807) is 22.7 Å². The van der Waals surface area contributed by atoms with Crippen LogP contribution >= 0.6 is 0 Å². The summed E-state index contributed by atoms with van der Waals surface area (Å²) < 4.78 is 32.5. The van der Waals surface area contributed by atoms with E-state index in [4.69, 9.17) is 0 Å². The SMILES string of the molecule is CC.CCc1nc2ncc(C)cn2c1C(=O)NCc1ccc(N2CC3(C2)CN(c2ccc(OC(C)(F)F)cc2)C3)cc1. The summed E-state index contributed by atoms with van der Waals surface area (Å²) in [5.74, 6) is 0.536. The Morgan fingerprint density at radius 1 is 1.00 bits per heavy atom. The third-order valence-electron chi connectivity index (χ3n) is 7.59. The number of rotatable bonds is 8. The predicted molar refractivity (Wildman–Crippen MR) is 161 cm³/mol. The largest absolute Gasteiger partial charge is 0.433 e. The molecule has 0 atom stereocenters. The molecule has 1 N–H and O–H groups in total. The number of aryl methyl sites for hydroxylation is 2. The third-order valence-corrected chi connectivity index (χ3v) is 7.59. The van der Waals surface area contributed by atoms with Crippen molar-refractivity contribution in [2.75, 3.05) is 36.0 Å². The van der Waals surface area contributed by atoms with Gasteiger partial charge >= 0.3 is 6.11 Å². The number of nitrogens with zero attached hydrogens (tertiary/aromatic N) is 5. The van der Waals surface area contributed by atoms with Crippen LogP contribution in [0.5, 0.6) is 5.75 Å². The van der Waals surface area contributed by atoms with Gasteiger partial charge in [0.05, 0.1) is 5.69 Å². The molecule has 4 aromatic rings. The number of fused-ring (bicyclic) bond motifs is 1. The molecule has 6 rings (SSSR count). The van der Waals surface area contributed by atoms with E-state index in [-0.39, 0.29) is 17.1 Å². The van der Waals surface area contributed by atoms with Crippen LogP contribution in [0.1, 0.15) is 55.0 Å². The molecule has 2 aromatic heterocycles. The van der Waals surface area contributed by atoms with E-state index in [2.05, 4.69) is 54.1 Å². The number of benzene rings is 2. The van der Waals surface area contributed by atoms with Crippen molar-refractivity contribution < 1.29 is 18.3 Å². The molecule has 0 saturated carbocycles. The monoisotopic (exact) mass is 576 g/mol. The molecule has 8 nitrogen and oxygen atoms in total. The fourth-order valence-corrected chi connectivity index (χ4v) is 5.68. The summed E-state index contributed by atoms with van der Waals surface area (Å²) in [7, 11) is 0. The van der Waals surface area contributed by atoms with E-state index in [1.165, 1.54) is 0 Å². The highest BCUT2D eigenvalue weighted by Crippen LogP contribution is 2.44. The molecule has 2 aliphatic heterocycles. The number of imidazole rings is 1. The molecule has 0 radical (unpaired) electrons. The lowest BCUT2D eigenvalue weighted by Gasteiger charge is -2.61. The molecule has 2 fully saturated rings. The summed E-state index contributed by atoms with van der Waals surface area (Å²) in [6.07, 6.45) is 1.11. The molecule has 4 heterocycles. The number of carbonyl (C=O) groups is 1. The van der Waals surface area contributed by atoms with Crippen LogP contribution in [0.15, 0.2) is 60.9 Å². The van der Waals surface area contributed by atoms with Crippen molar-refractivity contribution in [1.29, 1.82) is 0 Å². The van der Waals surface area contributed by atoms with E-state index < -0.39 is 6.11 Å². The van der Waals surface area contributed by atoms with Crippen molar-refractivity contribution in [2.24, 2.45) is 5.41 Å². The van der Waals surface area contributed by atoms with Crippen LogP contribution in [0.2, 0.25) is 0 Å². The lowest BCUT2D eigenvalue weighted by molar-refractivity contribution is -0.158. The van der Waals surface area contributed by atoms with Crippen molar-refractivity contribution in [3.05, 3.63) is 83.4 Å². The van der Waals surface area contributed by atoms with Crippen molar-refractivity contribution in [2.45, 2.75) is 53.7 Å². The molecule has 1 amide bonds. The second-order valence-corrected chi connectivity index (χ2v) is 11.0. The highest BCUT2D eigenvalue weighted by Gasteiger charge is 2.51. The standard InChI is InChI=1S/C30H32F2N6O2.C2H6/c1-4-25-26(38-15-20(2)13-34-28(38)35-25)27(39)33-14-21-5-7-22(8-6-21)36-16-30(17-36)18-37(19-30)23-9-11-24(12-10-23)40-29(3,31)32;1-2/h5-13,15H,4,14,16-19H2,1-3H3,(H,33,39);1-2H3. The summed E-state index contributed by atoms with van der Waals surface area (Å²) in [6.45, 7) is 12.9. The number of amides is 1. The topological polar surface area (TPSA) is 75.0 Å². The highest BCUT2D eigenvalue weighted by molar-refractivity contribution is 5.94. The number of halogens is 2. The van der Waals surface area contributed by atoms with Crippen LogP contribution in [0, 0.1) is 12.3 Å². The van der Waals surface area contributed by atoms with Gasteiger partial charge in [-0.2, -0.15) is 8.78 Å². The average molecular weight is 577 g/mol. The normalized spacial score (nSPS) is 15.5. The molecule has 2 aliphatic rings. The van der Waals surface area contributed by atoms with Crippen molar-refractivity contribution in [1.82, 2.24) is 19.7 Å².